The standard InChI is InChI=1S/C13H15BrF3NO2S/c14-10-3-7-12(8-4-10)21(19,20)18-11-5-1-9(2-6-11)13(15,16)17/h3-4,7-9,11,18H,1-2,5-6H2. The summed E-state index contributed by atoms with van der Waals surface area (Å²) in [7, 11) is -3.68. The quantitative estimate of drug-likeness (QED) is 0.858. The van der Waals surface area contributed by atoms with Crippen LogP contribution < -0.4 is 4.72 Å². The molecule has 1 aliphatic carbocycles. The van der Waals surface area contributed by atoms with Gasteiger partial charge < -0.3 is 0 Å². The van der Waals surface area contributed by atoms with Gasteiger partial charge in [0.2, 0.25) is 10.0 Å². The van der Waals surface area contributed by atoms with Crippen LogP contribution in [-0.4, -0.2) is 20.6 Å². The number of nitrogens with one attached hydrogen (secondary N) is 1. The molecule has 0 unspecified atom stereocenters. The number of rotatable bonds is 3. The van der Waals surface area contributed by atoms with Crippen molar-refractivity contribution in [2.24, 2.45) is 5.92 Å². The van der Waals surface area contributed by atoms with Gasteiger partial charge in [-0.1, -0.05) is 15.9 Å². The molecule has 1 N–H and O–H groups in total. The van der Waals surface area contributed by atoms with Crippen molar-refractivity contribution >= 4 is 26.0 Å². The molecular formula is C13H15BrF3NO2S. The number of hydrogen-bond donors (Lipinski definition) is 1. The summed E-state index contributed by atoms with van der Waals surface area (Å²) in [5.74, 6) is -1.31. The summed E-state index contributed by atoms with van der Waals surface area (Å²) in [6.07, 6.45) is -3.83. The Balaban J connectivity index is 1.98. The molecule has 0 aromatic heterocycles. The van der Waals surface area contributed by atoms with Gasteiger partial charge >= 0.3 is 6.18 Å². The average molecular weight is 386 g/mol. The van der Waals surface area contributed by atoms with E-state index in [0.717, 1.165) is 4.47 Å². The first-order valence-electron chi connectivity index (χ1n) is 6.53. The minimum atomic E-state index is -4.18. The topological polar surface area (TPSA) is 46.2 Å². The highest BCUT2D eigenvalue weighted by atomic mass is 79.9. The lowest BCUT2D eigenvalue weighted by Crippen LogP contribution is -2.39. The summed E-state index contributed by atoms with van der Waals surface area (Å²) in [5, 5.41) is 0. The summed E-state index contributed by atoms with van der Waals surface area (Å²) in [6.45, 7) is 0. The van der Waals surface area contributed by atoms with Crippen LogP contribution in [-0.2, 0) is 10.0 Å². The van der Waals surface area contributed by atoms with Crippen LogP contribution in [0.5, 0.6) is 0 Å². The van der Waals surface area contributed by atoms with E-state index in [4.69, 9.17) is 0 Å². The molecule has 1 aliphatic rings. The SMILES string of the molecule is O=S(=O)(NC1CCC(C(F)(F)F)CC1)c1ccc(Br)cc1. The van der Waals surface area contributed by atoms with Gasteiger partial charge in [0.15, 0.2) is 0 Å². The highest BCUT2D eigenvalue weighted by Gasteiger charge is 2.41. The average Bonchev–Trinajstić information content (AvgIpc) is 2.38. The number of alkyl halides is 3. The molecule has 3 nitrogen and oxygen atoms in total. The Bertz CT molecular complexity index is 578. The molecule has 1 saturated carbocycles. The van der Waals surface area contributed by atoms with E-state index in [0.29, 0.717) is 0 Å². The highest BCUT2D eigenvalue weighted by molar-refractivity contribution is 9.10. The van der Waals surface area contributed by atoms with Crippen LogP contribution in [0.25, 0.3) is 0 Å². The highest BCUT2D eigenvalue weighted by Crippen LogP contribution is 2.37. The largest absolute Gasteiger partial charge is 0.391 e. The molecule has 1 aromatic rings. The van der Waals surface area contributed by atoms with Gasteiger partial charge in [0.1, 0.15) is 0 Å². The third kappa shape index (κ3) is 4.43. The molecule has 21 heavy (non-hydrogen) atoms. The maximum Gasteiger partial charge on any atom is 0.391 e. The number of benzene rings is 1. The van der Waals surface area contributed by atoms with Gasteiger partial charge in [-0.3, -0.25) is 0 Å². The molecule has 0 heterocycles. The zero-order valence-corrected chi connectivity index (χ0v) is 13.4. The van der Waals surface area contributed by atoms with E-state index in [1.165, 1.54) is 12.1 Å². The van der Waals surface area contributed by atoms with E-state index in [1.807, 2.05) is 0 Å². The zero-order chi connectivity index (χ0) is 15.7. The third-order valence-electron chi connectivity index (χ3n) is 3.64. The molecule has 0 bridgehead atoms. The first-order valence-corrected chi connectivity index (χ1v) is 8.81. The van der Waals surface area contributed by atoms with Crippen molar-refractivity contribution in [1.82, 2.24) is 4.72 Å². The molecule has 118 valence electrons. The van der Waals surface area contributed by atoms with Gasteiger partial charge in [0.25, 0.3) is 0 Å². The smallest absolute Gasteiger partial charge is 0.208 e. The second-order valence-corrected chi connectivity index (χ2v) is 7.80. The van der Waals surface area contributed by atoms with Crippen molar-refractivity contribution < 1.29 is 21.6 Å². The summed E-state index contributed by atoms with van der Waals surface area (Å²) < 4.78 is 65.2. The van der Waals surface area contributed by atoms with Crippen molar-refractivity contribution in [3.8, 4) is 0 Å². The minimum Gasteiger partial charge on any atom is -0.208 e. The van der Waals surface area contributed by atoms with E-state index in [-0.39, 0.29) is 30.6 Å². The van der Waals surface area contributed by atoms with Crippen molar-refractivity contribution in [3.63, 3.8) is 0 Å². The Morgan fingerprint density at radius 3 is 2.05 bits per heavy atom. The maximum absolute atomic E-state index is 12.6. The van der Waals surface area contributed by atoms with Crippen LogP contribution in [0.4, 0.5) is 13.2 Å². The molecule has 1 fully saturated rings. The van der Waals surface area contributed by atoms with Crippen LogP contribution in [0.15, 0.2) is 33.6 Å². The predicted molar refractivity (Wildman–Crippen MR) is 76.3 cm³/mol. The van der Waals surface area contributed by atoms with E-state index < -0.39 is 28.2 Å². The van der Waals surface area contributed by atoms with Crippen LogP contribution in [0.2, 0.25) is 0 Å². The van der Waals surface area contributed by atoms with Gasteiger partial charge in [-0.25, -0.2) is 13.1 Å². The second-order valence-electron chi connectivity index (χ2n) is 5.17. The van der Waals surface area contributed by atoms with Gasteiger partial charge in [-0.05, 0) is 49.9 Å². The lowest BCUT2D eigenvalue weighted by Gasteiger charge is -2.30. The summed E-state index contributed by atoms with van der Waals surface area (Å²) >= 11 is 3.21. The van der Waals surface area contributed by atoms with Crippen molar-refractivity contribution in [1.29, 1.82) is 0 Å². The fourth-order valence-electron chi connectivity index (χ4n) is 2.44. The van der Waals surface area contributed by atoms with Crippen LogP contribution in [0, 0.1) is 5.92 Å². The first-order chi connectivity index (χ1) is 9.68. The van der Waals surface area contributed by atoms with Crippen LogP contribution in [0.1, 0.15) is 25.7 Å². The predicted octanol–water partition coefficient (Wildman–Crippen LogP) is 3.85. The van der Waals surface area contributed by atoms with Crippen LogP contribution in [0.3, 0.4) is 0 Å². The second kappa shape index (κ2) is 6.26. The lowest BCUT2D eigenvalue weighted by atomic mass is 9.86. The molecule has 0 atom stereocenters. The van der Waals surface area contributed by atoms with E-state index in [1.54, 1.807) is 12.1 Å². The van der Waals surface area contributed by atoms with Gasteiger partial charge in [-0.15, -0.1) is 0 Å². The zero-order valence-electron chi connectivity index (χ0n) is 11.0. The molecule has 1 aromatic carbocycles. The Labute approximate surface area is 130 Å². The number of sulfonamides is 1. The van der Waals surface area contributed by atoms with Crippen molar-refractivity contribution in [3.05, 3.63) is 28.7 Å². The fraction of sp³-hybridized carbons (Fsp3) is 0.538. The third-order valence-corrected chi connectivity index (χ3v) is 5.70. The molecule has 0 radical (unpaired) electrons. The fourth-order valence-corrected chi connectivity index (χ4v) is 4.01. The molecule has 8 heteroatoms. The van der Waals surface area contributed by atoms with Gasteiger partial charge in [0, 0.05) is 10.5 Å². The Hall–Kier alpha value is -0.600. The van der Waals surface area contributed by atoms with Gasteiger partial charge in [-0.2, -0.15) is 13.2 Å². The van der Waals surface area contributed by atoms with E-state index in [2.05, 4.69) is 20.7 Å². The first kappa shape index (κ1) is 16.8. The van der Waals surface area contributed by atoms with E-state index in [9.17, 15) is 21.6 Å². The Kier molecular flexibility index (Phi) is 4.99. The summed E-state index contributed by atoms with van der Waals surface area (Å²) in [5.41, 5.74) is 0. The Morgan fingerprint density at radius 2 is 1.57 bits per heavy atom. The van der Waals surface area contributed by atoms with Crippen molar-refractivity contribution in [2.45, 2.75) is 42.8 Å². The monoisotopic (exact) mass is 385 g/mol. The molecular weight excluding hydrogens is 371 g/mol. The van der Waals surface area contributed by atoms with Crippen molar-refractivity contribution in [2.75, 3.05) is 0 Å². The molecule has 0 amide bonds. The van der Waals surface area contributed by atoms with Gasteiger partial charge in [0.05, 0.1) is 10.8 Å². The molecule has 0 spiro atoms. The molecule has 0 saturated heterocycles. The summed E-state index contributed by atoms with van der Waals surface area (Å²) in [6, 6.07) is 5.68. The van der Waals surface area contributed by atoms with Crippen LogP contribution >= 0.6 is 15.9 Å². The number of hydrogen-bond acceptors (Lipinski definition) is 2. The Morgan fingerprint density at radius 1 is 1.05 bits per heavy atom. The molecule has 0 aliphatic heterocycles. The molecule has 2 rings (SSSR count). The summed E-state index contributed by atoms with van der Waals surface area (Å²) in [4.78, 5) is 0.114. The van der Waals surface area contributed by atoms with E-state index >= 15 is 0 Å². The number of halogens is 4. The lowest BCUT2D eigenvalue weighted by molar-refractivity contribution is -0.182. The minimum absolute atomic E-state index is 0.0307. The normalized spacial score (nSPS) is 24.0. The maximum atomic E-state index is 12.6.